The molecule has 7 heteroatoms. The van der Waals surface area contributed by atoms with Gasteiger partial charge in [-0.15, -0.1) is 0 Å². The van der Waals surface area contributed by atoms with Crippen molar-refractivity contribution >= 4 is 31.6 Å². The highest BCUT2D eigenvalue weighted by molar-refractivity contribution is 9.10. The van der Waals surface area contributed by atoms with Gasteiger partial charge in [0.05, 0.1) is 0 Å². The third-order valence-electron chi connectivity index (χ3n) is 1.78. The normalized spacial score (nSPS) is 12.8. The van der Waals surface area contributed by atoms with E-state index in [1.54, 1.807) is 20.8 Å². The minimum absolute atomic E-state index is 0.167. The molecule has 1 rings (SSSR count). The number of halogens is 2. The Hall–Kier alpha value is -0.660. The maximum absolute atomic E-state index is 13.6. The first-order valence-electron chi connectivity index (χ1n) is 4.81. The molecule has 0 aliphatic heterocycles. The lowest BCUT2D eigenvalue weighted by molar-refractivity contribution is 0.486. The summed E-state index contributed by atoms with van der Waals surface area (Å²) in [5.41, 5.74) is 5.02. The Balaban J connectivity index is 3.30. The Kier molecular flexibility index (Phi) is 3.85. The molecule has 1 aromatic carbocycles. The summed E-state index contributed by atoms with van der Waals surface area (Å²) in [7, 11) is -3.91. The van der Waals surface area contributed by atoms with Crippen LogP contribution in [0.25, 0.3) is 0 Å². The highest BCUT2D eigenvalue weighted by atomic mass is 79.9. The first kappa shape index (κ1) is 14.4. The maximum atomic E-state index is 13.6. The average Bonchev–Trinajstić information content (AvgIpc) is 2.06. The van der Waals surface area contributed by atoms with E-state index in [1.807, 2.05) is 0 Å². The van der Waals surface area contributed by atoms with Gasteiger partial charge in [0.2, 0.25) is 10.0 Å². The number of hydrogen-bond donors (Lipinski definition) is 2. The van der Waals surface area contributed by atoms with Gasteiger partial charge in [0, 0.05) is 15.7 Å². The van der Waals surface area contributed by atoms with Crippen LogP contribution in [0.2, 0.25) is 0 Å². The molecule has 0 radical (unpaired) electrons. The van der Waals surface area contributed by atoms with E-state index in [0.717, 1.165) is 12.1 Å². The molecule has 96 valence electrons. The summed E-state index contributed by atoms with van der Waals surface area (Å²) in [5.74, 6) is -0.845. The molecule has 4 nitrogen and oxygen atoms in total. The first-order chi connectivity index (χ1) is 7.53. The zero-order valence-corrected chi connectivity index (χ0v) is 12.1. The molecule has 0 saturated heterocycles. The van der Waals surface area contributed by atoms with Crippen LogP contribution in [0, 0.1) is 5.82 Å². The van der Waals surface area contributed by atoms with Crippen molar-refractivity contribution in [3.05, 3.63) is 22.4 Å². The number of anilines is 1. The molecule has 0 aliphatic carbocycles. The molecule has 0 aromatic heterocycles. The molecule has 0 unspecified atom stereocenters. The predicted molar refractivity (Wildman–Crippen MR) is 68.6 cm³/mol. The second kappa shape index (κ2) is 4.55. The monoisotopic (exact) mass is 324 g/mol. The maximum Gasteiger partial charge on any atom is 0.244 e. The quantitative estimate of drug-likeness (QED) is 0.819. The van der Waals surface area contributed by atoms with Crippen LogP contribution in [0.15, 0.2) is 21.5 Å². The van der Waals surface area contributed by atoms with Crippen LogP contribution in [0.3, 0.4) is 0 Å². The minimum Gasteiger partial charge on any atom is -0.398 e. The predicted octanol–water partition coefficient (Wildman–Crippen LogP) is 2.25. The molecule has 0 aliphatic rings. The molecule has 0 amide bonds. The third kappa shape index (κ3) is 3.65. The molecule has 0 bridgehead atoms. The van der Waals surface area contributed by atoms with Gasteiger partial charge >= 0.3 is 0 Å². The van der Waals surface area contributed by atoms with Crippen LogP contribution in [-0.4, -0.2) is 14.0 Å². The van der Waals surface area contributed by atoms with Gasteiger partial charge in [0.25, 0.3) is 0 Å². The molecule has 0 fully saturated rings. The number of benzene rings is 1. The topological polar surface area (TPSA) is 72.2 Å². The highest BCUT2D eigenvalue weighted by Crippen LogP contribution is 2.26. The van der Waals surface area contributed by atoms with Gasteiger partial charge in [-0.05, 0) is 48.8 Å². The number of nitrogens with two attached hydrogens (primary N) is 1. The lowest BCUT2D eigenvalue weighted by Gasteiger charge is -2.20. The standard InChI is InChI=1S/C10H14BrFN2O2S/c1-10(2,3)14-17(15,16)9-5-8(13)6(11)4-7(9)12/h4-5,14H,13H2,1-3H3. The van der Waals surface area contributed by atoms with Gasteiger partial charge in [-0.3, -0.25) is 0 Å². The van der Waals surface area contributed by atoms with E-state index in [0.29, 0.717) is 4.47 Å². The molecule has 0 saturated carbocycles. The van der Waals surface area contributed by atoms with Crippen molar-refractivity contribution < 1.29 is 12.8 Å². The van der Waals surface area contributed by atoms with Gasteiger partial charge in [0.1, 0.15) is 10.7 Å². The molecule has 0 atom stereocenters. The zero-order chi connectivity index (χ0) is 13.4. The fourth-order valence-electron chi connectivity index (χ4n) is 1.21. The van der Waals surface area contributed by atoms with Gasteiger partial charge in [0.15, 0.2) is 0 Å². The fourth-order valence-corrected chi connectivity index (χ4v) is 3.04. The van der Waals surface area contributed by atoms with Gasteiger partial charge in [-0.2, -0.15) is 0 Å². The third-order valence-corrected chi connectivity index (χ3v) is 4.24. The van der Waals surface area contributed by atoms with Crippen molar-refractivity contribution in [1.29, 1.82) is 0 Å². The minimum atomic E-state index is -3.91. The SMILES string of the molecule is CC(C)(C)NS(=O)(=O)c1cc(N)c(Br)cc1F. The molecule has 17 heavy (non-hydrogen) atoms. The summed E-state index contributed by atoms with van der Waals surface area (Å²) in [6.45, 7) is 5.01. The Labute approximate surface area is 109 Å². The summed E-state index contributed by atoms with van der Waals surface area (Å²) in [5, 5.41) is 0. The number of nitrogen functional groups attached to an aromatic ring is 1. The Bertz CT molecular complexity index is 538. The molecule has 3 N–H and O–H groups in total. The van der Waals surface area contributed by atoms with Gasteiger partial charge in [-0.1, -0.05) is 0 Å². The van der Waals surface area contributed by atoms with E-state index in [9.17, 15) is 12.8 Å². The fraction of sp³-hybridized carbons (Fsp3) is 0.400. The average molecular weight is 325 g/mol. The van der Waals surface area contributed by atoms with Crippen molar-refractivity contribution in [3.8, 4) is 0 Å². The van der Waals surface area contributed by atoms with Crippen molar-refractivity contribution in [3.63, 3.8) is 0 Å². The second-order valence-electron chi connectivity index (χ2n) is 4.66. The van der Waals surface area contributed by atoms with Crippen LogP contribution < -0.4 is 10.5 Å². The summed E-state index contributed by atoms with van der Waals surface area (Å²) in [6, 6.07) is 2.13. The Morgan fingerprint density at radius 2 is 1.88 bits per heavy atom. The number of rotatable bonds is 2. The summed E-state index contributed by atoms with van der Waals surface area (Å²) < 4.78 is 40.1. The van der Waals surface area contributed by atoms with Crippen molar-refractivity contribution in [2.45, 2.75) is 31.2 Å². The smallest absolute Gasteiger partial charge is 0.244 e. The van der Waals surface area contributed by atoms with Crippen LogP contribution in [-0.2, 0) is 10.0 Å². The molecule has 0 heterocycles. The number of nitrogens with one attached hydrogen (secondary N) is 1. The summed E-state index contributed by atoms with van der Waals surface area (Å²) >= 11 is 3.03. The zero-order valence-electron chi connectivity index (χ0n) is 9.71. The van der Waals surface area contributed by atoms with E-state index >= 15 is 0 Å². The summed E-state index contributed by atoms with van der Waals surface area (Å²) in [4.78, 5) is -0.451. The van der Waals surface area contributed by atoms with Crippen LogP contribution in [0.5, 0.6) is 0 Å². The second-order valence-corrected chi connectivity index (χ2v) is 7.16. The summed E-state index contributed by atoms with van der Waals surface area (Å²) in [6.07, 6.45) is 0. The Morgan fingerprint density at radius 3 is 2.35 bits per heavy atom. The van der Waals surface area contributed by atoms with Crippen molar-refractivity contribution in [1.82, 2.24) is 4.72 Å². The highest BCUT2D eigenvalue weighted by Gasteiger charge is 2.25. The van der Waals surface area contributed by atoms with Crippen LogP contribution in [0.1, 0.15) is 20.8 Å². The van der Waals surface area contributed by atoms with Crippen molar-refractivity contribution in [2.75, 3.05) is 5.73 Å². The number of hydrogen-bond acceptors (Lipinski definition) is 3. The van der Waals surface area contributed by atoms with Gasteiger partial charge < -0.3 is 5.73 Å². The molecular formula is C10H14BrFN2O2S. The van der Waals surface area contributed by atoms with E-state index in [4.69, 9.17) is 5.73 Å². The lowest BCUT2D eigenvalue weighted by Crippen LogP contribution is -2.40. The first-order valence-corrected chi connectivity index (χ1v) is 7.09. The van der Waals surface area contributed by atoms with E-state index in [2.05, 4.69) is 20.7 Å². The van der Waals surface area contributed by atoms with E-state index in [1.165, 1.54) is 0 Å². The Morgan fingerprint density at radius 1 is 1.35 bits per heavy atom. The molecular weight excluding hydrogens is 311 g/mol. The number of sulfonamides is 1. The van der Waals surface area contributed by atoms with Crippen LogP contribution in [0.4, 0.5) is 10.1 Å². The van der Waals surface area contributed by atoms with Crippen molar-refractivity contribution in [2.24, 2.45) is 0 Å². The van der Waals surface area contributed by atoms with E-state index < -0.39 is 26.3 Å². The molecule has 0 spiro atoms. The molecule has 1 aromatic rings. The lowest BCUT2D eigenvalue weighted by atomic mass is 10.1. The van der Waals surface area contributed by atoms with Gasteiger partial charge in [-0.25, -0.2) is 17.5 Å². The van der Waals surface area contributed by atoms with Crippen LogP contribution >= 0.6 is 15.9 Å². The largest absolute Gasteiger partial charge is 0.398 e. The van der Waals surface area contributed by atoms with E-state index in [-0.39, 0.29) is 5.69 Å².